The number of rotatable bonds is 10. The molecule has 1 saturated heterocycles. The number of hydrogen-bond donors (Lipinski definition) is 7. The molecular formula is C24H28N2O10. The van der Waals surface area contributed by atoms with E-state index in [4.69, 9.17) is 20.3 Å². The zero-order chi connectivity index (χ0) is 26.4. The predicted molar refractivity (Wildman–Crippen MR) is 123 cm³/mol. The van der Waals surface area contributed by atoms with Crippen molar-refractivity contribution in [2.45, 2.75) is 56.3 Å². The van der Waals surface area contributed by atoms with Crippen molar-refractivity contribution in [1.29, 1.82) is 0 Å². The molecule has 0 aromatic heterocycles. The molecule has 1 aliphatic rings. The van der Waals surface area contributed by atoms with Crippen molar-refractivity contribution in [3.63, 3.8) is 0 Å². The third-order valence-corrected chi connectivity index (χ3v) is 5.61. The molecule has 1 unspecified atom stereocenters. The molecule has 1 fully saturated rings. The van der Waals surface area contributed by atoms with Gasteiger partial charge in [-0.2, -0.15) is 0 Å². The van der Waals surface area contributed by atoms with Crippen LogP contribution in [0.4, 0.5) is 0 Å². The van der Waals surface area contributed by atoms with Gasteiger partial charge in [0, 0.05) is 19.3 Å². The molecule has 2 aromatic rings. The fraction of sp³-hybridized carbons (Fsp3) is 0.375. The number of ether oxygens (including phenoxy) is 2. The van der Waals surface area contributed by atoms with Crippen molar-refractivity contribution >= 4 is 17.8 Å². The van der Waals surface area contributed by atoms with Crippen molar-refractivity contribution < 1.29 is 49.4 Å². The van der Waals surface area contributed by atoms with Gasteiger partial charge in [0.05, 0.1) is 12.1 Å². The molecule has 0 spiro atoms. The maximum absolute atomic E-state index is 12.5. The Kier molecular flexibility index (Phi) is 8.69. The monoisotopic (exact) mass is 504 g/mol. The van der Waals surface area contributed by atoms with Gasteiger partial charge in [-0.05, 0) is 41.8 Å². The summed E-state index contributed by atoms with van der Waals surface area (Å²) in [5, 5.41) is 50.5. The average molecular weight is 504 g/mol. The molecule has 0 radical (unpaired) electrons. The number of carbonyl (C=O) groups excluding carboxylic acids is 1. The van der Waals surface area contributed by atoms with Gasteiger partial charge in [0.2, 0.25) is 12.2 Å². The van der Waals surface area contributed by atoms with Crippen LogP contribution < -0.4 is 15.8 Å². The topological polar surface area (TPSA) is 209 Å². The highest BCUT2D eigenvalue weighted by Crippen LogP contribution is 2.31. The van der Waals surface area contributed by atoms with Crippen LogP contribution in [0.3, 0.4) is 0 Å². The first-order chi connectivity index (χ1) is 17.0. The number of aliphatic carboxylic acids is 2. The number of nitrogens with one attached hydrogen (secondary N) is 1. The van der Waals surface area contributed by atoms with Gasteiger partial charge in [-0.3, -0.25) is 4.79 Å². The maximum Gasteiger partial charge on any atom is 0.333 e. The summed E-state index contributed by atoms with van der Waals surface area (Å²) < 4.78 is 10.8. The summed E-state index contributed by atoms with van der Waals surface area (Å²) in [7, 11) is 0. The van der Waals surface area contributed by atoms with Gasteiger partial charge in [-0.15, -0.1) is 0 Å². The number of hydrogen-bond acceptors (Lipinski definition) is 9. The summed E-state index contributed by atoms with van der Waals surface area (Å²) in [5.41, 5.74) is 7.01. The number of aromatic hydroxyl groups is 2. The predicted octanol–water partition coefficient (Wildman–Crippen LogP) is 0.109. The lowest BCUT2D eigenvalue weighted by Crippen LogP contribution is -2.50. The number of carbonyl (C=O) groups is 3. The number of phenols is 2. The Hall–Kier alpha value is -3.87. The molecule has 5 atom stereocenters. The molecule has 12 heteroatoms. The Labute approximate surface area is 205 Å². The lowest BCUT2D eigenvalue weighted by Gasteiger charge is -2.31. The van der Waals surface area contributed by atoms with E-state index >= 15 is 0 Å². The van der Waals surface area contributed by atoms with Gasteiger partial charge in [-0.25, -0.2) is 9.59 Å². The second-order valence-electron chi connectivity index (χ2n) is 8.52. The molecule has 1 heterocycles. The lowest BCUT2D eigenvalue weighted by molar-refractivity contribution is -0.195. The Morgan fingerprint density at radius 3 is 2.31 bits per heavy atom. The first-order valence-corrected chi connectivity index (χ1v) is 11.1. The molecule has 36 heavy (non-hydrogen) atoms. The molecule has 2 aromatic carbocycles. The molecule has 3 rings (SSSR count). The van der Waals surface area contributed by atoms with E-state index in [0.29, 0.717) is 11.1 Å². The number of amides is 1. The van der Waals surface area contributed by atoms with E-state index in [1.54, 1.807) is 12.1 Å². The number of aliphatic hydroxyl groups excluding tert-OH is 1. The van der Waals surface area contributed by atoms with Crippen molar-refractivity contribution in [3.05, 3.63) is 53.6 Å². The zero-order valence-corrected chi connectivity index (χ0v) is 19.1. The van der Waals surface area contributed by atoms with Crippen LogP contribution in [0.25, 0.3) is 0 Å². The molecule has 194 valence electrons. The van der Waals surface area contributed by atoms with Crippen molar-refractivity contribution in [2.75, 3.05) is 0 Å². The summed E-state index contributed by atoms with van der Waals surface area (Å²) in [6, 6.07) is 7.78. The average Bonchev–Trinajstić information content (AvgIpc) is 2.81. The highest BCUT2D eigenvalue weighted by Gasteiger charge is 2.34. The summed E-state index contributed by atoms with van der Waals surface area (Å²) in [6.45, 7) is 0. The maximum atomic E-state index is 12.5. The first-order valence-electron chi connectivity index (χ1n) is 11.1. The minimum atomic E-state index is -1.25. The number of nitrogens with two attached hydrogens (primary N) is 1. The molecule has 12 nitrogen and oxygen atoms in total. The highest BCUT2D eigenvalue weighted by atomic mass is 16.7. The Bertz CT molecular complexity index is 1090. The molecule has 1 amide bonds. The van der Waals surface area contributed by atoms with Gasteiger partial charge in [0.15, 0.2) is 17.6 Å². The summed E-state index contributed by atoms with van der Waals surface area (Å²) in [4.78, 5) is 35.3. The van der Waals surface area contributed by atoms with E-state index in [0.717, 1.165) is 0 Å². The van der Waals surface area contributed by atoms with E-state index in [1.807, 2.05) is 0 Å². The molecule has 0 saturated carbocycles. The fourth-order valence-corrected chi connectivity index (χ4v) is 3.72. The second-order valence-corrected chi connectivity index (χ2v) is 8.52. The zero-order valence-electron chi connectivity index (χ0n) is 19.1. The van der Waals surface area contributed by atoms with Crippen LogP contribution in [-0.2, 0) is 32.0 Å². The summed E-state index contributed by atoms with van der Waals surface area (Å²) in [6.07, 6.45) is -3.34. The van der Waals surface area contributed by atoms with Crippen LogP contribution in [0, 0.1) is 0 Å². The quantitative estimate of drug-likeness (QED) is 0.231. The standard InChI is InChI=1S/C24H28N2O10/c25-16(22(30)26-17(23(31)32)8-12-1-4-14(27)5-2-12)7-13-3-6-19(18(29)9-13)35-21-11-15(28)10-20(36-21)24(33)34/h1-6,9,15-17,20-21,27-29H,7-8,10-11,25H2,(H,26,30)(H,31,32)(H,33,34)/t15-,16-,17-,20-,21?/m0/s1. The number of aliphatic hydroxyl groups is 1. The Balaban J connectivity index is 1.58. The summed E-state index contributed by atoms with van der Waals surface area (Å²) in [5.74, 6) is -3.48. The van der Waals surface area contributed by atoms with Crippen LogP contribution in [0.1, 0.15) is 24.0 Å². The smallest absolute Gasteiger partial charge is 0.333 e. The molecule has 8 N–H and O–H groups in total. The lowest BCUT2D eigenvalue weighted by atomic mass is 10.0. The number of phenolic OH excluding ortho intramolecular Hbond substituents is 2. The van der Waals surface area contributed by atoms with Crippen LogP contribution in [0.15, 0.2) is 42.5 Å². The van der Waals surface area contributed by atoms with Gasteiger partial charge in [0.1, 0.15) is 11.8 Å². The second kappa shape index (κ2) is 11.7. The van der Waals surface area contributed by atoms with E-state index in [-0.39, 0.29) is 42.9 Å². The van der Waals surface area contributed by atoms with Crippen LogP contribution in [0.2, 0.25) is 0 Å². The molecular weight excluding hydrogens is 476 g/mol. The first kappa shape index (κ1) is 26.7. The van der Waals surface area contributed by atoms with Gasteiger partial charge in [-0.1, -0.05) is 18.2 Å². The SMILES string of the molecule is N[C@@H](Cc1ccc(OC2C[C@@H](O)C[C@@H](C(=O)O)O2)c(O)c1)C(=O)N[C@@H](Cc1ccc(O)cc1)C(=O)O. The number of carboxylic acids is 2. The van der Waals surface area contributed by atoms with Crippen molar-refractivity contribution in [1.82, 2.24) is 5.32 Å². The van der Waals surface area contributed by atoms with Crippen LogP contribution in [-0.4, -0.2) is 74.0 Å². The normalized spacial score (nSPS) is 21.2. The third kappa shape index (κ3) is 7.31. The van der Waals surface area contributed by atoms with Crippen LogP contribution >= 0.6 is 0 Å². The van der Waals surface area contributed by atoms with E-state index in [2.05, 4.69) is 5.32 Å². The van der Waals surface area contributed by atoms with Crippen molar-refractivity contribution in [2.24, 2.45) is 5.73 Å². The Morgan fingerprint density at radius 1 is 1.03 bits per heavy atom. The van der Waals surface area contributed by atoms with Gasteiger partial charge < -0.3 is 46.1 Å². The minimum Gasteiger partial charge on any atom is -0.508 e. The van der Waals surface area contributed by atoms with Gasteiger partial charge in [0.25, 0.3) is 0 Å². The molecule has 0 aliphatic carbocycles. The van der Waals surface area contributed by atoms with Crippen LogP contribution in [0.5, 0.6) is 17.2 Å². The minimum absolute atomic E-state index is 0.0123. The molecule has 0 bridgehead atoms. The van der Waals surface area contributed by atoms with E-state index < -0.39 is 48.4 Å². The third-order valence-electron chi connectivity index (χ3n) is 5.61. The van der Waals surface area contributed by atoms with E-state index in [1.165, 1.54) is 30.3 Å². The Morgan fingerprint density at radius 2 is 1.69 bits per heavy atom. The number of benzene rings is 2. The van der Waals surface area contributed by atoms with Crippen molar-refractivity contribution in [3.8, 4) is 17.2 Å². The van der Waals surface area contributed by atoms with Gasteiger partial charge >= 0.3 is 11.9 Å². The summed E-state index contributed by atoms with van der Waals surface area (Å²) >= 11 is 0. The van der Waals surface area contributed by atoms with E-state index in [9.17, 15) is 34.8 Å². The largest absolute Gasteiger partial charge is 0.508 e. The molecule has 1 aliphatic heterocycles. The number of carboxylic acid groups (broad SMARTS) is 2. The highest BCUT2D eigenvalue weighted by molar-refractivity contribution is 5.87. The fourth-order valence-electron chi connectivity index (χ4n) is 3.72.